The normalized spacial score (nSPS) is 25.1. The highest BCUT2D eigenvalue weighted by atomic mass is 16.3. The zero-order valence-corrected chi connectivity index (χ0v) is 16.3. The third-order valence-corrected chi connectivity index (χ3v) is 6.34. The van der Waals surface area contributed by atoms with Gasteiger partial charge in [0.05, 0.1) is 6.61 Å². The number of rotatable bonds is 5. The fraction of sp³-hybridized carbons (Fsp3) is 0.682. The monoisotopic (exact) mass is 358 g/mol. The highest BCUT2D eigenvalue weighted by molar-refractivity contribution is 5.94. The predicted molar refractivity (Wildman–Crippen MR) is 105 cm³/mol. The second-order valence-corrected chi connectivity index (χ2v) is 8.23. The average Bonchev–Trinajstić information content (AvgIpc) is 2.96. The molecule has 0 spiro atoms. The molecule has 1 atom stereocenters. The fourth-order valence-corrected chi connectivity index (χ4v) is 4.40. The van der Waals surface area contributed by atoms with E-state index in [1.807, 2.05) is 17.0 Å². The lowest BCUT2D eigenvalue weighted by molar-refractivity contribution is 0.0251. The lowest BCUT2D eigenvalue weighted by atomic mass is 9.78. The zero-order chi connectivity index (χ0) is 18.4. The molecule has 26 heavy (non-hydrogen) atoms. The van der Waals surface area contributed by atoms with Gasteiger partial charge in [-0.15, -0.1) is 0 Å². The van der Waals surface area contributed by atoms with Crippen molar-refractivity contribution < 1.29 is 9.90 Å². The summed E-state index contributed by atoms with van der Waals surface area (Å²) in [6.45, 7) is 7.12. The lowest BCUT2D eigenvalue weighted by Crippen LogP contribution is -2.47. The van der Waals surface area contributed by atoms with Gasteiger partial charge in [0.25, 0.3) is 5.91 Å². The van der Waals surface area contributed by atoms with Gasteiger partial charge < -0.3 is 10.0 Å². The Kier molecular flexibility index (Phi) is 6.71. The third kappa shape index (κ3) is 4.66. The van der Waals surface area contributed by atoms with Crippen molar-refractivity contribution in [3.05, 3.63) is 35.4 Å². The van der Waals surface area contributed by atoms with E-state index in [-0.39, 0.29) is 17.9 Å². The zero-order valence-electron chi connectivity index (χ0n) is 16.3. The van der Waals surface area contributed by atoms with Crippen molar-refractivity contribution >= 4 is 5.91 Å². The van der Waals surface area contributed by atoms with Gasteiger partial charge in [0.2, 0.25) is 0 Å². The van der Waals surface area contributed by atoms with Crippen LogP contribution in [0.2, 0.25) is 0 Å². The number of nitrogens with zero attached hydrogens (tertiary/aromatic N) is 2. The van der Waals surface area contributed by atoms with Crippen LogP contribution >= 0.6 is 0 Å². The minimum atomic E-state index is -0.110. The maximum absolute atomic E-state index is 12.9. The first kappa shape index (κ1) is 19.4. The van der Waals surface area contributed by atoms with E-state index in [1.54, 1.807) is 0 Å². The van der Waals surface area contributed by atoms with Crippen LogP contribution in [0.1, 0.15) is 67.8 Å². The van der Waals surface area contributed by atoms with Crippen molar-refractivity contribution in [3.8, 4) is 0 Å². The number of carbonyl (C=O) groups excluding carboxylic acids is 1. The summed E-state index contributed by atoms with van der Waals surface area (Å²) in [5.41, 5.74) is 1.95. The number of benzene rings is 1. The van der Waals surface area contributed by atoms with Gasteiger partial charge in [0, 0.05) is 30.6 Å². The number of aliphatic hydroxyl groups is 1. The Morgan fingerprint density at radius 3 is 2.35 bits per heavy atom. The maximum Gasteiger partial charge on any atom is 0.253 e. The van der Waals surface area contributed by atoms with Crippen LogP contribution in [0.5, 0.6) is 0 Å². The molecular weight excluding hydrogens is 324 g/mol. The summed E-state index contributed by atoms with van der Waals surface area (Å²) in [5.74, 6) is 0.109. The summed E-state index contributed by atoms with van der Waals surface area (Å²) in [6, 6.07) is 8.19. The molecule has 0 bridgehead atoms. The SMILES string of the molecule is CCC1(CO)CCCN(C(=O)c2ccc(CN3CCCCCC3)cc2)C1. The minimum absolute atomic E-state index is 0.109. The van der Waals surface area contributed by atoms with E-state index in [0.29, 0.717) is 6.54 Å². The van der Waals surface area contributed by atoms with Crippen LogP contribution in [0.25, 0.3) is 0 Å². The first-order valence-corrected chi connectivity index (χ1v) is 10.4. The Balaban J connectivity index is 1.61. The largest absolute Gasteiger partial charge is 0.396 e. The number of hydrogen-bond acceptors (Lipinski definition) is 3. The van der Waals surface area contributed by atoms with E-state index in [4.69, 9.17) is 0 Å². The Morgan fingerprint density at radius 1 is 1.04 bits per heavy atom. The molecule has 2 aliphatic heterocycles. The lowest BCUT2D eigenvalue weighted by Gasteiger charge is -2.41. The topological polar surface area (TPSA) is 43.8 Å². The van der Waals surface area contributed by atoms with Gasteiger partial charge in [-0.2, -0.15) is 0 Å². The molecule has 2 saturated heterocycles. The molecule has 2 aliphatic rings. The van der Waals surface area contributed by atoms with E-state index >= 15 is 0 Å². The summed E-state index contributed by atoms with van der Waals surface area (Å²) in [5, 5.41) is 9.78. The molecule has 1 unspecified atom stereocenters. The van der Waals surface area contributed by atoms with E-state index in [0.717, 1.165) is 37.9 Å². The molecule has 0 aromatic heterocycles. The summed E-state index contributed by atoms with van der Waals surface area (Å²) < 4.78 is 0. The van der Waals surface area contributed by atoms with Crippen LogP contribution in [0, 0.1) is 5.41 Å². The third-order valence-electron chi connectivity index (χ3n) is 6.34. The minimum Gasteiger partial charge on any atom is -0.396 e. The average molecular weight is 359 g/mol. The van der Waals surface area contributed by atoms with Gasteiger partial charge in [0.1, 0.15) is 0 Å². The van der Waals surface area contributed by atoms with Gasteiger partial charge >= 0.3 is 0 Å². The molecule has 0 saturated carbocycles. The highest BCUT2D eigenvalue weighted by Gasteiger charge is 2.35. The molecule has 4 nitrogen and oxygen atoms in total. The molecule has 1 amide bonds. The Labute approximate surface area is 158 Å². The molecule has 0 aliphatic carbocycles. The number of amides is 1. The van der Waals surface area contributed by atoms with Crippen molar-refractivity contribution in [1.29, 1.82) is 0 Å². The van der Waals surface area contributed by atoms with Gasteiger partial charge in [-0.1, -0.05) is 31.9 Å². The summed E-state index contributed by atoms with van der Waals surface area (Å²) in [6.07, 6.45) is 8.22. The van der Waals surface area contributed by atoms with Crippen LogP contribution in [0.4, 0.5) is 0 Å². The molecule has 2 heterocycles. The molecule has 1 aromatic rings. The van der Waals surface area contributed by atoms with Crippen LogP contribution in [-0.2, 0) is 6.54 Å². The Hall–Kier alpha value is -1.39. The number of likely N-dealkylation sites (tertiary alicyclic amines) is 2. The molecule has 4 heteroatoms. The first-order valence-electron chi connectivity index (χ1n) is 10.4. The smallest absolute Gasteiger partial charge is 0.253 e. The molecule has 1 N–H and O–H groups in total. The Bertz CT molecular complexity index is 572. The molecule has 0 radical (unpaired) electrons. The highest BCUT2D eigenvalue weighted by Crippen LogP contribution is 2.33. The van der Waals surface area contributed by atoms with E-state index < -0.39 is 0 Å². The van der Waals surface area contributed by atoms with E-state index in [1.165, 1.54) is 44.3 Å². The Morgan fingerprint density at radius 2 is 1.73 bits per heavy atom. The van der Waals surface area contributed by atoms with Gasteiger partial charge in [-0.3, -0.25) is 9.69 Å². The number of piperidine rings is 1. The number of aliphatic hydroxyl groups excluding tert-OH is 1. The van der Waals surface area contributed by atoms with Crippen LogP contribution in [0.3, 0.4) is 0 Å². The molecule has 2 fully saturated rings. The standard InChI is InChI=1S/C22H34N2O2/c1-2-22(18-25)12-7-15-24(17-22)21(26)20-10-8-19(9-11-20)16-23-13-5-3-4-6-14-23/h8-11,25H,2-7,12-18H2,1H3. The van der Waals surface area contributed by atoms with E-state index in [2.05, 4.69) is 24.0 Å². The summed E-state index contributed by atoms with van der Waals surface area (Å²) >= 11 is 0. The van der Waals surface area contributed by atoms with Crippen molar-refractivity contribution in [2.24, 2.45) is 5.41 Å². The van der Waals surface area contributed by atoms with Crippen molar-refractivity contribution in [1.82, 2.24) is 9.80 Å². The maximum atomic E-state index is 12.9. The van der Waals surface area contributed by atoms with Gasteiger partial charge in [-0.05, 0) is 62.9 Å². The molecular formula is C22H34N2O2. The van der Waals surface area contributed by atoms with E-state index in [9.17, 15) is 9.90 Å². The first-order chi connectivity index (χ1) is 12.7. The van der Waals surface area contributed by atoms with Crippen LogP contribution in [-0.4, -0.2) is 53.6 Å². The second kappa shape index (κ2) is 9.01. The van der Waals surface area contributed by atoms with Crippen LogP contribution < -0.4 is 0 Å². The number of hydrogen-bond donors (Lipinski definition) is 1. The molecule has 3 rings (SSSR count). The van der Waals surface area contributed by atoms with Crippen molar-refractivity contribution in [2.75, 3.05) is 32.8 Å². The van der Waals surface area contributed by atoms with Crippen molar-refractivity contribution in [2.45, 2.75) is 58.4 Å². The van der Waals surface area contributed by atoms with Gasteiger partial charge in [-0.25, -0.2) is 0 Å². The number of carbonyl (C=O) groups is 1. The fourth-order valence-electron chi connectivity index (χ4n) is 4.40. The quantitative estimate of drug-likeness (QED) is 0.873. The predicted octanol–water partition coefficient (Wildman–Crippen LogP) is 3.69. The van der Waals surface area contributed by atoms with Gasteiger partial charge in [0.15, 0.2) is 0 Å². The second-order valence-electron chi connectivity index (χ2n) is 8.23. The molecule has 144 valence electrons. The summed E-state index contributed by atoms with van der Waals surface area (Å²) in [4.78, 5) is 17.4. The molecule has 1 aromatic carbocycles. The van der Waals surface area contributed by atoms with Crippen molar-refractivity contribution in [3.63, 3.8) is 0 Å². The van der Waals surface area contributed by atoms with Crippen LogP contribution in [0.15, 0.2) is 24.3 Å². The summed E-state index contributed by atoms with van der Waals surface area (Å²) in [7, 11) is 0.